The van der Waals surface area contributed by atoms with Crippen LogP contribution in [0.25, 0.3) is 0 Å². The molecule has 1 amide bonds. The van der Waals surface area contributed by atoms with Crippen LogP contribution in [-0.4, -0.2) is 58.2 Å². The Hall–Kier alpha value is -2.58. The summed E-state index contributed by atoms with van der Waals surface area (Å²) in [6, 6.07) is 12.9. The van der Waals surface area contributed by atoms with E-state index >= 15 is 0 Å². The monoisotopic (exact) mass is 432 g/mol. The van der Waals surface area contributed by atoms with Crippen LogP contribution >= 0.6 is 0 Å². The van der Waals surface area contributed by atoms with Gasteiger partial charge in [0, 0.05) is 32.3 Å². The van der Waals surface area contributed by atoms with Crippen molar-refractivity contribution in [1.29, 1.82) is 0 Å². The van der Waals surface area contributed by atoms with Crippen molar-refractivity contribution in [2.45, 2.75) is 24.2 Å². The van der Waals surface area contributed by atoms with E-state index in [0.29, 0.717) is 42.4 Å². The van der Waals surface area contributed by atoms with Gasteiger partial charge in [-0.25, -0.2) is 8.42 Å². The lowest BCUT2D eigenvalue weighted by atomic mass is 9.94. The summed E-state index contributed by atoms with van der Waals surface area (Å²) in [4.78, 5) is 14.7. The SMILES string of the molecule is COc1ccccc1N(C)S(=O)(=O)c1ccc(C(=O)N2CCC[C@@H](CCO)C2)cc1. The van der Waals surface area contributed by atoms with Gasteiger partial charge in [-0.15, -0.1) is 0 Å². The first kappa shape index (κ1) is 22.1. The average Bonchev–Trinajstić information content (AvgIpc) is 2.78. The first-order valence-electron chi connectivity index (χ1n) is 10.0. The van der Waals surface area contributed by atoms with Crippen LogP contribution < -0.4 is 9.04 Å². The van der Waals surface area contributed by atoms with Crippen LogP contribution in [0.1, 0.15) is 29.6 Å². The molecule has 30 heavy (non-hydrogen) atoms. The minimum absolute atomic E-state index is 0.101. The van der Waals surface area contributed by atoms with Gasteiger partial charge in [0.2, 0.25) is 0 Å². The molecule has 0 bridgehead atoms. The van der Waals surface area contributed by atoms with E-state index in [9.17, 15) is 13.2 Å². The minimum atomic E-state index is -3.81. The maximum absolute atomic E-state index is 13.0. The maximum atomic E-state index is 13.0. The van der Waals surface area contributed by atoms with Gasteiger partial charge < -0.3 is 14.7 Å². The molecule has 1 saturated heterocycles. The number of hydrogen-bond acceptors (Lipinski definition) is 5. The molecule has 7 nitrogen and oxygen atoms in total. The van der Waals surface area contributed by atoms with E-state index in [4.69, 9.17) is 9.84 Å². The third-order valence-corrected chi connectivity index (χ3v) is 7.31. The molecule has 1 aliphatic rings. The molecular formula is C22H28N2O5S. The number of amides is 1. The summed E-state index contributed by atoms with van der Waals surface area (Å²) >= 11 is 0. The Labute approximate surface area is 177 Å². The van der Waals surface area contributed by atoms with Gasteiger partial charge in [0.15, 0.2) is 0 Å². The van der Waals surface area contributed by atoms with Crippen LogP contribution in [0, 0.1) is 5.92 Å². The Bertz CT molecular complexity index is 973. The van der Waals surface area contributed by atoms with Gasteiger partial charge in [-0.05, 0) is 61.6 Å². The van der Waals surface area contributed by atoms with Crippen molar-refractivity contribution >= 4 is 21.6 Å². The zero-order valence-corrected chi connectivity index (χ0v) is 18.1. The van der Waals surface area contributed by atoms with E-state index in [1.165, 1.54) is 30.6 Å². The first-order chi connectivity index (χ1) is 14.4. The number of carbonyl (C=O) groups is 1. The number of aliphatic hydroxyl groups is 1. The van der Waals surface area contributed by atoms with Crippen molar-refractivity contribution in [1.82, 2.24) is 4.90 Å². The number of ether oxygens (including phenoxy) is 1. The van der Waals surface area contributed by atoms with Crippen molar-refractivity contribution < 1.29 is 23.1 Å². The van der Waals surface area contributed by atoms with E-state index in [0.717, 1.165) is 12.8 Å². The second-order valence-electron chi connectivity index (χ2n) is 7.44. The standard InChI is InChI=1S/C22H28N2O5S/c1-23(20-7-3-4-8-21(20)29-2)30(27,28)19-11-9-18(10-12-19)22(26)24-14-5-6-17(16-24)13-15-25/h3-4,7-12,17,25H,5-6,13-16H2,1-2H3/t17-/m0/s1. The van der Waals surface area contributed by atoms with E-state index in [2.05, 4.69) is 0 Å². The molecule has 3 rings (SSSR count). The predicted octanol–water partition coefficient (Wildman–Crippen LogP) is 2.75. The molecule has 8 heteroatoms. The van der Waals surface area contributed by atoms with Crippen LogP contribution in [0.5, 0.6) is 5.75 Å². The Morgan fingerprint density at radius 2 is 1.90 bits per heavy atom. The number of para-hydroxylation sites is 2. The van der Waals surface area contributed by atoms with Gasteiger partial charge >= 0.3 is 0 Å². The van der Waals surface area contributed by atoms with Crippen molar-refractivity contribution in [3.05, 3.63) is 54.1 Å². The summed E-state index contributed by atoms with van der Waals surface area (Å²) in [5.41, 5.74) is 0.891. The van der Waals surface area contributed by atoms with E-state index in [1.54, 1.807) is 41.3 Å². The Balaban J connectivity index is 1.78. The second-order valence-corrected chi connectivity index (χ2v) is 9.41. The number of nitrogens with zero attached hydrogens (tertiary/aromatic N) is 2. The fourth-order valence-electron chi connectivity index (χ4n) is 3.80. The Kier molecular flexibility index (Phi) is 6.99. The minimum Gasteiger partial charge on any atom is -0.495 e. The van der Waals surface area contributed by atoms with Crippen molar-refractivity contribution in [3.8, 4) is 5.75 Å². The summed E-state index contributed by atoms with van der Waals surface area (Å²) < 4.78 is 32.5. The molecule has 0 spiro atoms. The third kappa shape index (κ3) is 4.60. The van der Waals surface area contributed by atoms with Crippen LogP contribution in [0.3, 0.4) is 0 Å². The highest BCUT2D eigenvalue weighted by atomic mass is 32.2. The number of likely N-dealkylation sites (tertiary alicyclic amines) is 1. The molecule has 0 radical (unpaired) electrons. The molecular weight excluding hydrogens is 404 g/mol. The smallest absolute Gasteiger partial charge is 0.264 e. The van der Waals surface area contributed by atoms with Gasteiger partial charge in [0.25, 0.3) is 15.9 Å². The number of aliphatic hydroxyl groups excluding tert-OH is 1. The van der Waals surface area contributed by atoms with Crippen molar-refractivity contribution in [3.63, 3.8) is 0 Å². The number of methoxy groups -OCH3 is 1. The summed E-state index contributed by atoms with van der Waals surface area (Å²) in [5.74, 6) is 0.652. The number of rotatable bonds is 7. The second kappa shape index (κ2) is 9.49. The number of anilines is 1. The molecule has 1 heterocycles. The molecule has 0 aliphatic carbocycles. The molecule has 1 atom stereocenters. The van der Waals surface area contributed by atoms with Crippen molar-refractivity contribution in [2.75, 3.05) is 38.2 Å². The molecule has 162 valence electrons. The topological polar surface area (TPSA) is 87.2 Å². The molecule has 2 aromatic rings. The molecule has 0 unspecified atom stereocenters. The molecule has 0 aromatic heterocycles. The van der Waals surface area contributed by atoms with Crippen molar-refractivity contribution in [2.24, 2.45) is 5.92 Å². The lowest BCUT2D eigenvalue weighted by Gasteiger charge is -2.32. The van der Waals surface area contributed by atoms with Gasteiger partial charge in [-0.2, -0.15) is 0 Å². The summed E-state index contributed by atoms with van der Waals surface area (Å²) in [6.45, 7) is 1.42. The van der Waals surface area contributed by atoms with E-state index < -0.39 is 10.0 Å². The van der Waals surface area contributed by atoms with Gasteiger partial charge in [-0.3, -0.25) is 9.10 Å². The quantitative estimate of drug-likeness (QED) is 0.727. The zero-order valence-electron chi connectivity index (χ0n) is 17.3. The fraction of sp³-hybridized carbons (Fsp3) is 0.409. The maximum Gasteiger partial charge on any atom is 0.264 e. The predicted molar refractivity (Wildman–Crippen MR) is 115 cm³/mol. The van der Waals surface area contributed by atoms with Crippen LogP contribution in [0.15, 0.2) is 53.4 Å². The first-order valence-corrected chi connectivity index (χ1v) is 11.4. The lowest BCUT2D eigenvalue weighted by molar-refractivity contribution is 0.0653. The Morgan fingerprint density at radius 1 is 1.20 bits per heavy atom. The summed E-state index contributed by atoms with van der Waals surface area (Å²) in [7, 11) is -0.842. The Morgan fingerprint density at radius 3 is 2.57 bits per heavy atom. The molecule has 1 fully saturated rings. The number of carbonyl (C=O) groups excluding carboxylic acids is 1. The summed E-state index contributed by atoms with van der Waals surface area (Å²) in [6.07, 6.45) is 2.61. The number of sulfonamides is 1. The number of hydrogen-bond donors (Lipinski definition) is 1. The molecule has 1 aliphatic heterocycles. The number of benzene rings is 2. The van der Waals surface area contributed by atoms with E-state index in [1.807, 2.05) is 0 Å². The molecule has 1 N–H and O–H groups in total. The third-order valence-electron chi connectivity index (χ3n) is 5.53. The van der Waals surface area contributed by atoms with Gasteiger partial charge in [-0.1, -0.05) is 12.1 Å². The highest BCUT2D eigenvalue weighted by Gasteiger charge is 2.26. The van der Waals surface area contributed by atoms with Gasteiger partial charge in [0.05, 0.1) is 17.7 Å². The van der Waals surface area contributed by atoms with Crippen LogP contribution in [0.2, 0.25) is 0 Å². The van der Waals surface area contributed by atoms with Crippen LogP contribution in [-0.2, 0) is 10.0 Å². The van der Waals surface area contributed by atoms with Crippen LogP contribution in [0.4, 0.5) is 5.69 Å². The fourth-order valence-corrected chi connectivity index (χ4v) is 5.00. The highest BCUT2D eigenvalue weighted by Crippen LogP contribution is 2.31. The zero-order chi connectivity index (χ0) is 21.7. The van der Waals surface area contributed by atoms with Gasteiger partial charge in [0.1, 0.15) is 5.75 Å². The molecule has 0 saturated carbocycles. The summed E-state index contributed by atoms with van der Waals surface area (Å²) in [5, 5.41) is 9.16. The highest BCUT2D eigenvalue weighted by molar-refractivity contribution is 7.92. The largest absolute Gasteiger partial charge is 0.495 e. The lowest BCUT2D eigenvalue weighted by Crippen LogP contribution is -2.40. The van der Waals surface area contributed by atoms with E-state index in [-0.39, 0.29) is 17.4 Å². The number of piperidine rings is 1. The normalized spacial score (nSPS) is 16.9. The molecule has 2 aromatic carbocycles. The average molecular weight is 433 g/mol.